The van der Waals surface area contributed by atoms with Gasteiger partial charge in [0.15, 0.2) is 0 Å². The van der Waals surface area contributed by atoms with Gasteiger partial charge in [-0.3, -0.25) is 14.4 Å². The number of benzene rings is 2. The van der Waals surface area contributed by atoms with Gasteiger partial charge in [0.25, 0.3) is 0 Å². The molecule has 0 fully saturated rings. The number of carboxylic acids is 1. The third-order valence-corrected chi connectivity index (χ3v) is 5.40. The van der Waals surface area contributed by atoms with Crippen molar-refractivity contribution in [3.05, 3.63) is 90.5 Å². The number of nitrogens with zero attached hydrogens (tertiary/aromatic N) is 4. The van der Waals surface area contributed by atoms with Crippen molar-refractivity contribution in [3.8, 4) is 0 Å². The molecule has 0 bridgehead atoms. The van der Waals surface area contributed by atoms with E-state index in [1.165, 1.54) is 0 Å². The van der Waals surface area contributed by atoms with E-state index < -0.39 is 5.97 Å². The average Bonchev–Trinajstić information content (AvgIpc) is 3.38. The molecule has 3 aromatic rings. The Morgan fingerprint density at radius 1 is 0.789 bits per heavy atom. The Morgan fingerprint density at radius 3 is 1.50 bits per heavy atom. The zero-order valence-electron chi connectivity index (χ0n) is 23.1. The van der Waals surface area contributed by atoms with Gasteiger partial charge in [-0.1, -0.05) is 60.7 Å². The Labute approximate surface area is 231 Å². The van der Waals surface area contributed by atoms with Gasteiger partial charge < -0.3 is 19.5 Å². The minimum atomic E-state index is -0.786. The number of halogens is 1. The molecular weight excluding hydrogens is 504 g/mol. The molecule has 38 heavy (non-hydrogen) atoms. The molecule has 9 heteroatoms. The molecule has 0 spiro atoms. The highest BCUT2D eigenvalue weighted by Gasteiger charge is 2.09. The number of amides is 2. The summed E-state index contributed by atoms with van der Waals surface area (Å²) in [6.45, 7) is 10.8. The van der Waals surface area contributed by atoms with Crippen molar-refractivity contribution in [1.29, 1.82) is 0 Å². The van der Waals surface area contributed by atoms with Gasteiger partial charge in [-0.05, 0) is 50.4 Å². The van der Waals surface area contributed by atoms with Crippen LogP contribution in [0.5, 0.6) is 0 Å². The number of aromatic nitrogens is 2. The molecule has 0 aliphatic rings. The third kappa shape index (κ3) is 16.9. The summed E-state index contributed by atoms with van der Waals surface area (Å²) < 4.78 is 1.89. The molecule has 1 aromatic heterocycles. The van der Waals surface area contributed by atoms with E-state index in [4.69, 9.17) is 16.7 Å². The Hall–Kier alpha value is -3.65. The van der Waals surface area contributed by atoms with E-state index in [0.717, 1.165) is 24.2 Å². The molecule has 1 heterocycles. The maximum Gasteiger partial charge on any atom is 0.316 e. The topological polar surface area (TPSA) is 95.7 Å². The summed E-state index contributed by atoms with van der Waals surface area (Å²) in [6.07, 6.45) is 6.02. The summed E-state index contributed by atoms with van der Waals surface area (Å²) in [7, 11) is 1.94. The Morgan fingerprint density at radius 2 is 1.24 bits per heavy atom. The monoisotopic (exact) mass is 544 g/mol. The molecule has 0 aliphatic carbocycles. The molecule has 2 amide bonds. The zero-order chi connectivity index (χ0) is 28.8. The van der Waals surface area contributed by atoms with Crippen molar-refractivity contribution < 1.29 is 19.5 Å². The number of hydrogen-bond acceptors (Lipinski definition) is 4. The molecular formula is C29H41ClN4O4. The Balaban J connectivity index is 0.000000504. The SMILES string of the molecule is CCN(CC)C(=O)Cc1ccccc1.CCN(CC)C(=O)Cl.Cn1ccnc1.O=C(O)Cc1ccccc1. The van der Waals surface area contributed by atoms with Gasteiger partial charge in [0.1, 0.15) is 0 Å². The highest BCUT2D eigenvalue weighted by Crippen LogP contribution is 2.02. The van der Waals surface area contributed by atoms with Crippen LogP contribution < -0.4 is 0 Å². The second kappa shape index (κ2) is 21.4. The maximum absolute atomic E-state index is 11.7. The van der Waals surface area contributed by atoms with Crippen LogP contribution in [-0.4, -0.2) is 67.9 Å². The highest BCUT2D eigenvalue weighted by atomic mass is 35.5. The van der Waals surface area contributed by atoms with E-state index in [0.29, 0.717) is 19.5 Å². The largest absolute Gasteiger partial charge is 0.481 e. The van der Waals surface area contributed by atoms with Crippen LogP contribution >= 0.6 is 11.6 Å². The molecule has 2 aromatic carbocycles. The summed E-state index contributed by atoms with van der Waals surface area (Å²) >= 11 is 5.13. The number of carbonyl (C=O) groups excluding carboxylic acids is 2. The van der Waals surface area contributed by atoms with Gasteiger partial charge in [-0.25, -0.2) is 4.98 Å². The van der Waals surface area contributed by atoms with Crippen molar-refractivity contribution in [2.75, 3.05) is 26.2 Å². The van der Waals surface area contributed by atoms with Crippen molar-refractivity contribution in [3.63, 3.8) is 0 Å². The van der Waals surface area contributed by atoms with Crippen molar-refractivity contribution in [2.24, 2.45) is 7.05 Å². The molecule has 0 aliphatic heterocycles. The number of imidazole rings is 1. The number of aryl methyl sites for hydroxylation is 1. The summed E-state index contributed by atoms with van der Waals surface area (Å²) in [5.74, 6) is -0.576. The van der Waals surface area contributed by atoms with E-state index in [1.807, 2.05) is 98.9 Å². The molecule has 0 saturated carbocycles. The number of hydrogen-bond donors (Lipinski definition) is 1. The first kappa shape index (κ1) is 34.4. The van der Waals surface area contributed by atoms with Crippen LogP contribution in [0.3, 0.4) is 0 Å². The second-order valence-electron chi connectivity index (χ2n) is 7.94. The van der Waals surface area contributed by atoms with Crippen molar-refractivity contribution >= 4 is 28.8 Å². The van der Waals surface area contributed by atoms with Crippen LogP contribution in [0, 0.1) is 0 Å². The number of aliphatic carboxylic acids is 1. The highest BCUT2D eigenvalue weighted by molar-refractivity contribution is 6.62. The molecule has 8 nitrogen and oxygen atoms in total. The molecule has 0 unspecified atom stereocenters. The van der Waals surface area contributed by atoms with Crippen molar-refractivity contribution in [1.82, 2.24) is 19.4 Å². The van der Waals surface area contributed by atoms with E-state index in [9.17, 15) is 14.4 Å². The fourth-order valence-corrected chi connectivity index (χ4v) is 3.27. The minimum Gasteiger partial charge on any atom is -0.481 e. The number of carbonyl (C=O) groups is 3. The lowest BCUT2D eigenvalue weighted by Crippen LogP contribution is -2.31. The first-order chi connectivity index (χ1) is 18.2. The maximum atomic E-state index is 11.7. The summed E-state index contributed by atoms with van der Waals surface area (Å²) in [5.41, 5.74) is 1.93. The van der Waals surface area contributed by atoms with Crippen LogP contribution in [0.15, 0.2) is 79.4 Å². The summed E-state index contributed by atoms with van der Waals surface area (Å²) in [5, 5.41) is 8.00. The lowest BCUT2D eigenvalue weighted by molar-refractivity contribution is -0.136. The van der Waals surface area contributed by atoms with Crippen LogP contribution in [0.1, 0.15) is 38.8 Å². The van der Waals surface area contributed by atoms with E-state index in [-0.39, 0.29) is 17.7 Å². The van der Waals surface area contributed by atoms with Gasteiger partial charge >= 0.3 is 11.3 Å². The van der Waals surface area contributed by atoms with Gasteiger partial charge in [0, 0.05) is 45.6 Å². The third-order valence-electron chi connectivity index (χ3n) is 5.16. The molecule has 0 saturated heterocycles. The van der Waals surface area contributed by atoms with Crippen LogP contribution in [-0.2, 0) is 29.5 Å². The van der Waals surface area contributed by atoms with E-state index in [2.05, 4.69) is 4.98 Å². The van der Waals surface area contributed by atoms with Crippen LogP contribution in [0.2, 0.25) is 0 Å². The fourth-order valence-electron chi connectivity index (χ4n) is 3.03. The van der Waals surface area contributed by atoms with Crippen LogP contribution in [0.25, 0.3) is 0 Å². The summed E-state index contributed by atoms with van der Waals surface area (Å²) in [4.78, 5) is 39.3. The molecule has 208 valence electrons. The molecule has 1 N–H and O–H groups in total. The smallest absolute Gasteiger partial charge is 0.316 e. The predicted octanol–water partition coefficient (Wildman–Crippen LogP) is 5.52. The second-order valence-corrected chi connectivity index (χ2v) is 8.26. The van der Waals surface area contributed by atoms with Gasteiger partial charge in [0.05, 0.1) is 19.2 Å². The standard InChI is InChI=1S/C12H17NO.C8H8O2.C5H10ClNO.C4H6N2/c1-3-13(4-2)12(14)10-11-8-6-5-7-9-11;9-8(10)6-7-4-2-1-3-5-7;1-3-7(4-2)5(6)8;1-6-3-2-5-4-6/h5-9H,3-4,10H2,1-2H3;1-5H,6H2,(H,9,10);3-4H2,1-2H3;2-4H,1H3. The average molecular weight is 545 g/mol. The van der Waals surface area contributed by atoms with Crippen LogP contribution in [0.4, 0.5) is 4.79 Å². The molecule has 3 rings (SSSR count). The minimum absolute atomic E-state index is 0.112. The number of likely N-dealkylation sites (N-methyl/N-ethyl adjacent to an activating group) is 1. The Bertz CT molecular complexity index is 1010. The number of carboxylic acid groups (broad SMARTS) is 1. The predicted molar refractivity (Wildman–Crippen MR) is 153 cm³/mol. The van der Waals surface area contributed by atoms with Crippen molar-refractivity contribution in [2.45, 2.75) is 40.5 Å². The fraction of sp³-hybridized carbons (Fsp3) is 0.379. The molecule has 0 radical (unpaired) electrons. The lowest BCUT2D eigenvalue weighted by atomic mass is 10.1. The summed E-state index contributed by atoms with van der Waals surface area (Å²) in [6, 6.07) is 19.0. The zero-order valence-corrected chi connectivity index (χ0v) is 23.8. The molecule has 0 atom stereocenters. The van der Waals surface area contributed by atoms with Gasteiger partial charge in [-0.15, -0.1) is 0 Å². The Kier molecular flexibility index (Phi) is 19.4. The van der Waals surface area contributed by atoms with Gasteiger partial charge in [-0.2, -0.15) is 0 Å². The van der Waals surface area contributed by atoms with E-state index >= 15 is 0 Å². The normalized spacial score (nSPS) is 9.32. The first-order valence-corrected chi connectivity index (χ1v) is 13.0. The number of rotatable bonds is 8. The van der Waals surface area contributed by atoms with Gasteiger partial charge in [0.2, 0.25) is 5.91 Å². The quantitative estimate of drug-likeness (QED) is 0.297. The van der Waals surface area contributed by atoms with E-state index in [1.54, 1.807) is 29.6 Å². The lowest BCUT2D eigenvalue weighted by Gasteiger charge is -2.18. The first-order valence-electron chi connectivity index (χ1n) is 12.6.